The van der Waals surface area contributed by atoms with Crippen LogP contribution in [0, 0.1) is 5.92 Å². The van der Waals surface area contributed by atoms with E-state index in [4.69, 9.17) is 5.73 Å². The zero-order chi connectivity index (χ0) is 11.5. The lowest BCUT2D eigenvalue weighted by atomic mass is 10.0. The SMILES string of the molecule is Cl.N[C@H](CC1CC1)c1ccc(OC(F)F)cc1. The van der Waals surface area contributed by atoms with Crippen LogP contribution in [0.25, 0.3) is 0 Å². The first-order valence-electron chi connectivity index (χ1n) is 5.45. The molecule has 1 aliphatic carbocycles. The minimum atomic E-state index is -2.77. The summed E-state index contributed by atoms with van der Waals surface area (Å²) in [7, 11) is 0. The maximum Gasteiger partial charge on any atom is 0.387 e. The number of nitrogens with two attached hydrogens (primary N) is 1. The third-order valence-corrected chi connectivity index (χ3v) is 2.82. The van der Waals surface area contributed by atoms with Crippen LogP contribution < -0.4 is 10.5 Å². The Morgan fingerprint density at radius 2 is 1.82 bits per heavy atom. The van der Waals surface area contributed by atoms with E-state index in [1.807, 2.05) is 0 Å². The van der Waals surface area contributed by atoms with Crippen LogP contribution in [0.5, 0.6) is 5.75 Å². The third kappa shape index (κ3) is 4.48. The summed E-state index contributed by atoms with van der Waals surface area (Å²) in [5, 5.41) is 0. The molecule has 0 unspecified atom stereocenters. The standard InChI is InChI=1S/C12H15F2NO.ClH/c13-12(14)16-10-5-3-9(4-6-10)11(15)7-8-1-2-8;/h3-6,8,11-12H,1-2,7,15H2;1H/t11-;/m1./s1. The second-order valence-electron chi connectivity index (χ2n) is 4.23. The molecule has 17 heavy (non-hydrogen) atoms. The maximum atomic E-state index is 11.9. The van der Waals surface area contributed by atoms with Crippen LogP contribution in [0.2, 0.25) is 0 Å². The zero-order valence-electron chi connectivity index (χ0n) is 9.31. The molecule has 0 bridgehead atoms. The highest BCUT2D eigenvalue weighted by Gasteiger charge is 2.24. The summed E-state index contributed by atoms with van der Waals surface area (Å²) in [5.74, 6) is 0.935. The fraction of sp³-hybridized carbons (Fsp3) is 0.500. The van der Waals surface area contributed by atoms with Gasteiger partial charge in [0.2, 0.25) is 0 Å². The number of hydrogen-bond acceptors (Lipinski definition) is 2. The van der Waals surface area contributed by atoms with E-state index in [0.717, 1.165) is 17.9 Å². The Labute approximate surface area is 106 Å². The smallest absolute Gasteiger partial charge is 0.387 e. The highest BCUT2D eigenvalue weighted by molar-refractivity contribution is 5.85. The van der Waals surface area contributed by atoms with Gasteiger partial charge in [-0.15, -0.1) is 12.4 Å². The molecule has 2 N–H and O–H groups in total. The van der Waals surface area contributed by atoms with E-state index in [1.165, 1.54) is 25.0 Å². The molecule has 1 saturated carbocycles. The summed E-state index contributed by atoms with van der Waals surface area (Å²) in [4.78, 5) is 0. The van der Waals surface area contributed by atoms with Crippen molar-refractivity contribution < 1.29 is 13.5 Å². The van der Waals surface area contributed by atoms with Gasteiger partial charge in [0, 0.05) is 6.04 Å². The minimum Gasteiger partial charge on any atom is -0.435 e. The molecular formula is C12H16ClF2NO. The van der Waals surface area contributed by atoms with E-state index in [2.05, 4.69) is 4.74 Å². The van der Waals surface area contributed by atoms with Gasteiger partial charge in [-0.05, 0) is 30.0 Å². The summed E-state index contributed by atoms with van der Waals surface area (Å²) >= 11 is 0. The molecule has 0 heterocycles. The molecule has 2 nitrogen and oxygen atoms in total. The summed E-state index contributed by atoms with van der Waals surface area (Å²) in [6.07, 6.45) is 3.51. The zero-order valence-corrected chi connectivity index (χ0v) is 10.1. The number of ether oxygens (including phenoxy) is 1. The molecule has 1 atom stereocenters. The Hall–Kier alpha value is -0.870. The van der Waals surface area contributed by atoms with Crippen LogP contribution in [-0.2, 0) is 0 Å². The monoisotopic (exact) mass is 263 g/mol. The number of benzene rings is 1. The number of halogens is 3. The van der Waals surface area contributed by atoms with Gasteiger partial charge < -0.3 is 10.5 Å². The van der Waals surface area contributed by atoms with Crippen molar-refractivity contribution in [2.75, 3.05) is 0 Å². The van der Waals surface area contributed by atoms with Crippen molar-refractivity contribution in [1.82, 2.24) is 0 Å². The molecule has 0 aromatic heterocycles. The van der Waals surface area contributed by atoms with Crippen LogP contribution in [0.15, 0.2) is 24.3 Å². The van der Waals surface area contributed by atoms with Crippen molar-refractivity contribution in [2.45, 2.75) is 31.9 Å². The molecule has 1 aromatic rings. The van der Waals surface area contributed by atoms with Gasteiger partial charge in [0.15, 0.2) is 0 Å². The Morgan fingerprint density at radius 3 is 2.29 bits per heavy atom. The fourth-order valence-corrected chi connectivity index (χ4v) is 1.75. The van der Waals surface area contributed by atoms with Crippen molar-refractivity contribution >= 4 is 12.4 Å². The van der Waals surface area contributed by atoms with Gasteiger partial charge in [0.1, 0.15) is 5.75 Å². The van der Waals surface area contributed by atoms with Gasteiger partial charge in [0.05, 0.1) is 0 Å². The third-order valence-electron chi connectivity index (χ3n) is 2.82. The van der Waals surface area contributed by atoms with Gasteiger partial charge in [-0.25, -0.2) is 0 Å². The highest BCUT2D eigenvalue weighted by atomic mass is 35.5. The van der Waals surface area contributed by atoms with Crippen LogP contribution in [-0.4, -0.2) is 6.61 Å². The van der Waals surface area contributed by atoms with Gasteiger partial charge in [-0.1, -0.05) is 25.0 Å². The maximum absolute atomic E-state index is 11.9. The van der Waals surface area contributed by atoms with E-state index in [1.54, 1.807) is 12.1 Å². The number of hydrogen-bond donors (Lipinski definition) is 1. The van der Waals surface area contributed by atoms with Crippen LogP contribution in [0.3, 0.4) is 0 Å². The Balaban J connectivity index is 0.00000144. The molecule has 2 rings (SSSR count). The quantitative estimate of drug-likeness (QED) is 0.882. The fourth-order valence-electron chi connectivity index (χ4n) is 1.75. The van der Waals surface area contributed by atoms with E-state index in [0.29, 0.717) is 0 Å². The first-order chi connectivity index (χ1) is 7.65. The van der Waals surface area contributed by atoms with E-state index < -0.39 is 6.61 Å². The summed E-state index contributed by atoms with van der Waals surface area (Å²) < 4.78 is 28.1. The minimum absolute atomic E-state index is 0. The Bertz CT molecular complexity index is 341. The van der Waals surface area contributed by atoms with Crippen molar-refractivity contribution in [3.8, 4) is 5.75 Å². The molecule has 1 aliphatic rings. The van der Waals surface area contributed by atoms with Gasteiger partial charge in [-0.3, -0.25) is 0 Å². The predicted molar refractivity (Wildman–Crippen MR) is 64.6 cm³/mol. The summed E-state index contributed by atoms with van der Waals surface area (Å²) in [5.41, 5.74) is 6.98. The second kappa shape index (κ2) is 6.17. The molecule has 1 aromatic carbocycles. The molecule has 0 spiro atoms. The average molecular weight is 264 g/mol. The molecule has 0 aliphatic heterocycles. The molecule has 0 saturated heterocycles. The van der Waals surface area contributed by atoms with Gasteiger partial charge in [0.25, 0.3) is 0 Å². The van der Waals surface area contributed by atoms with Crippen molar-refractivity contribution in [3.05, 3.63) is 29.8 Å². The lowest BCUT2D eigenvalue weighted by molar-refractivity contribution is -0.0498. The van der Waals surface area contributed by atoms with E-state index >= 15 is 0 Å². The van der Waals surface area contributed by atoms with E-state index in [-0.39, 0.29) is 24.2 Å². The number of rotatable bonds is 5. The van der Waals surface area contributed by atoms with Crippen molar-refractivity contribution in [1.29, 1.82) is 0 Å². The van der Waals surface area contributed by atoms with Crippen molar-refractivity contribution in [2.24, 2.45) is 11.7 Å². The molecule has 1 fully saturated rings. The van der Waals surface area contributed by atoms with Gasteiger partial charge in [-0.2, -0.15) is 8.78 Å². The normalized spacial score (nSPS) is 16.5. The highest BCUT2D eigenvalue weighted by Crippen LogP contribution is 2.36. The second-order valence-corrected chi connectivity index (χ2v) is 4.23. The largest absolute Gasteiger partial charge is 0.435 e. The van der Waals surface area contributed by atoms with Crippen LogP contribution in [0.1, 0.15) is 30.9 Å². The Morgan fingerprint density at radius 1 is 1.24 bits per heavy atom. The van der Waals surface area contributed by atoms with Gasteiger partial charge >= 0.3 is 6.61 Å². The molecule has 5 heteroatoms. The Kier molecular flexibility index (Phi) is 5.15. The van der Waals surface area contributed by atoms with Crippen molar-refractivity contribution in [3.63, 3.8) is 0 Å². The van der Waals surface area contributed by atoms with E-state index in [9.17, 15) is 8.78 Å². The summed E-state index contributed by atoms with van der Waals surface area (Å²) in [6.45, 7) is -2.77. The topological polar surface area (TPSA) is 35.2 Å². The lowest BCUT2D eigenvalue weighted by Crippen LogP contribution is -2.11. The average Bonchev–Trinajstić information content (AvgIpc) is 3.01. The summed E-state index contributed by atoms with van der Waals surface area (Å²) in [6, 6.07) is 6.59. The molecular weight excluding hydrogens is 248 g/mol. The van der Waals surface area contributed by atoms with Crippen LogP contribution in [0.4, 0.5) is 8.78 Å². The predicted octanol–water partition coefficient (Wildman–Crippen LogP) is 3.51. The molecule has 96 valence electrons. The van der Waals surface area contributed by atoms with Crippen LogP contribution >= 0.6 is 12.4 Å². The molecule has 0 amide bonds. The lowest BCUT2D eigenvalue weighted by Gasteiger charge is -2.12. The molecule has 0 radical (unpaired) electrons. The number of alkyl halides is 2. The first-order valence-corrected chi connectivity index (χ1v) is 5.45. The first kappa shape index (κ1) is 14.2.